The first-order valence-corrected chi connectivity index (χ1v) is 10.7. The topological polar surface area (TPSA) is 52.6 Å². The number of hydrogen-bond acceptors (Lipinski definition) is 5. The third-order valence-corrected chi connectivity index (χ3v) is 6.25. The van der Waals surface area contributed by atoms with E-state index in [1.165, 1.54) is 11.3 Å². The van der Waals surface area contributed by atoms with Crippen LogP contribution >= 0.6 is 11.6 Å². The molecule has 3 heterocycles. The minimum absolute atomic E-state index is 0.107. The standard InChI is InChI=1S/C22H28ClN5O/c1-16-3-4-19(23)15-20(16)26-11-13-27(14-12-26)21(29)18-6-9-28(10-7-18)22-24-8-5-17(2)25-22/h3-5,8,15,18H,6-7,9-14H2,1-2H3. The van der Waals surface area contributed by atoms with Gasteiger partial charge in [-0.1, -0.05) is 17.7 Å². The van der Waals surface area contributed by atoms with Crippen molar-refractivity contribution in [3.05, 3.63) is 46.7 Å². The van der Waals surface area contributed by atoms with Gasteiger partial charge in [-0.3, -0.25) is 4.79 Å². The Bertz CT molecular complexity index is 873. The molecular weight excluding hydrogens is 386 g/mol. The SMILES string of the molecule is Cc1ccnc(N2CCC(C(=O)N3CCN(c4cc(Cl)ccc4C)CC3)CC2)n1. The van der Waals surface area contributed by atoms with Crippen LogP contribution < -0.4 is 9.80 Å². The summed E-state index contributed by atoms with van der Waals surface area (Å²) in [7, 11) is 0. The number of halogens is 1. The van der Waals surface area contributed by atoms with Crippen molar-refractivity contribution in [3.63, 3.8) is 0 Å². The molecule has 4 rings (SSSR count). The van der Waals surface area contributed by atoms with Crippen molar-refractivity contribution in [2.24, 2.45) is 5.92 Å². The molecule has 1 amide bonds. The number of piperidine rings is 1. The number of aromatic nitrogens is 2. The monoisotopic (exact) mass is 413 g/mol. The first-order valence-electron chi connectivity index (χ1n) is 10.4. The van der Waals surface area contributed by atoms with E-state index in [9.17, 15) is 4.79 Å². The fraction of sp³-hybridized carbons (Fsp3) is 0.500. The Morgan fingerprint density at radius 2 is 1.72 bits per heavy atom. The first kappa shape index (κ1) is 20.0. The van der Waals surface area contributed by atoms with Gasteiger partial charge in [0, 0.05) is 67.8 Å². The fourth-order valence-electron chi connectivity index (χ4n) is 4.26. The second-order valence-corrected chi connectivity index (χ2v) is 8.44. The summed E-state index contributed by atoms with van der Waals surface area (Å²) in [6.45, 7) is 8.99. The molecule has 2 aliphatic heterocycles. The molecule has 1 aromatic heterocycles. The van der Waals surface area contributed by atoms with Gasteiger partial charge >= 0.3 is 0 Å². The highest BCUT2D eigenvalue weighted by Crippen LogP contribution is 2.27. The minimum Gasteiger partial charge on any atom is -0.368 e. The number of amides is 1. The molecule has 2 aromatic rings. The van der Waals surface area contributed by atoms with E-state index in [4.69, 9.17) is 11.6 Å². The summed E-state index contributed by atoms with van der Waals surface area (Å²) in [6, 6.07) is 7.91. The van der Waals surface area contributed by atoms with Crippen molar-refractivity contribution in [1.82, 2.24) is 14.9 Å². The smallest absolute Gasteiger partial charge is 0.225 e. The van der Waals surface area contributed by atoms with Crippen molar-refractivity contribution < 1.29 is 4.79 Å². The average Bonchev–Trinajstić information content (AvgIpc) is 2.75. The van der Waals surface area contributed by atoms with E-state index < -0.39 is 0 Å². The minimum atomic E-state index is 0.107. The average molecular weight is 414 g/mol. The van der Waals surface area contributed by atoms with E-state index >= 15 is 0 Å². The van der Waals surface area contributed by atoms with Gasteiger partial charge in [-0.15, -0.1) is 0 Å². The lowest BCUT2D eigenvalue weighted by atomic mass is 9.95. The van der Waals surface area contributed by atoms with Gasteiger partial charge in [0.05, 0.1) is 0 Å². The maximum absolute atomic E-state index is 13.1. The summed E-state index contributed by atoms with van der Waals surface area (Å²) in [5.41, 5.74) is 3.37. The number of hydrogen-bond donors (Lipinski definition) is 0. The van der Waals surface area contributed by atoms with E-state index in [0.29, 0.717) is 5.91 Å². The van der Waals surface area contributed by atoms with Gasteiger partial charge in [0.2, 0.25) is 11.9 Å². The normalized spacial score (nSPS) is 18.2. The van der Waals surface area contributed by atoms with Gasteiger partial charge in [0.15, 0.2) is 0 Å². The van der Waals surface area contributed by atoms with Crippen LogP contribution in [0.5, 0.6) is 0 Å². The summed E-state index contributed by atoms with van der Waals surface area (Å²) < 4.78 is 0. The van der Waals surface area contributed by atoms with Crippen LogP contribution in [0.25, 0.3) is 0 Å². The van der Waals surface area contributed by atoms with Crippen LogP contribution in [-0.4, -0.2) is 60.0 Å². The molecule has 0 atom stereocenters. The predicted molar refractivity (Wildman–Crippen MR) is 117 cm³/mol. The predicted octanol–water partition coefficient (Wildman–Crippen LogP) is 3.31. The molecule has 0 unspecified atom stereocenters. The molecule has 0 bridgehead atoms. The highest BCUT2D eigenvalue weighted by Gasteiger charge is 2.31. The Kier molecular flexibility index (Phi) is 5.90. The van der Waals surface area contributed by atoms with Gasteiger partial charge in [0.25, 0.3) is 0 Å². The number of rotatable bonds is 3. The number of anilines is 2. The Hall–Kier alpha value is -2.34. The van der Waals surface area contributed by atoms with E-state index in [2.05, 4.69) is 32.8 Å². The molecule has 1 aromatic carbocycles. The van der Waals surface area contributed by atoms with Crippen molar-refractivity contribution in [1.29, 1.82) is 0 Å². The molecule has 2 aliphatic rings. The number of piperazine rings is 1. The summed E-state index contributed by atoms with van der Waals surface area (Å²) in [5, 5.41) is 0.758. The molecule has 0 aliphatic carbocycles. The molecule has 0 saturated carbocycles. The second-order valence-electron chi connectivity index (χ2n) is 8.00. The van der Waals surface area contributed by atoms with Crippen LogP contribution in [0.1, 0.15) is 24.1 Å². The summed E-state index contributed by atoms with van der Waals surface area (Å²) >= 11 is 6.18. The molecular formula is C22H28ClN5O. The zero-order valence-electron chi connectivity index (χ0n) is 17.1. The van der Waals surface area contributed by atoms with Gasteiger partial charge < -0.3 is 14.7 Å². The van der Waals surface area contributed by atoms with Crippen LogP contribution in [-0.2, 0) is 4.79 Å². The van der Waals surface area contributed by atoms with Gasteiger partial charge in [0.1, 0.15) is 0 Å². The largest absolute Gasteiger partial charge is 0.368 e. The van der Waals surface area contributed by atoms with Crippen molar-refractivity contribution in [2.45, 2.75) is 26.7 Å². The highest BCUT2D eigenvalue weighted by molar-refractivity contribution is 6.30. The van der Waals surface area contributed by atoms with E-state index in [1.807, 2.05) is 30.0 Å². The maximum Gasteiger partial charge on any atom is 0.225 e. The number of aryl methyl sites for hydroxylation is 2. The summed E-state index contributed by atoms with van der Waals surface area (Å²) in [6.07, 6.45) is 3.53. The quantitative estimate of drug-likeness (QED) is 0.772. The van der Waals surface area contributed by atoms with Crippen molar-refractivity contribution >= 4 is 29.1 Å². The van der Waals surface area contributed by atoms with Crippen LogP contribution in [0.15, 0.2) is 30.5 Å². The van der Waals surface area contributed by atoms with Gasteiger partial charge in [-0.25, -0.2) is 9.97 Å². The third-order valence-electron chi connectivity index (χ3n) is 6.01. The molecule has 6 nitrogen and oxygen atoms in total. The van der Waals surface area contributed by atoms with Crippen molar-refractivity contribution in [2.75, 3.05) is 49.1 Å². The Morgan fingerprint density at radius 3 is 2.41 bits per heavy atom. The lowest BCUT2D eigenvalue weighted by Crippen LogP contribution is -2.52. The molecule has 2 fully saturated rings. The van der Waals surface area contributed by atoms with E-state index in [0.717, 1.165) is 68.8 Å². The van der Waals surface area contributed by atoms with E-state index in [-0.39, 0.29) is 5.92 Å². The lowest BCUT2D eigenvalue weighted by Gasteiger charge is -2.39. The zero-order chi connectivity index (χ0) is 20.4. The Labute approximate surface area is 177 Å². The Morgan fingerprint density at radius 1 is 1.00 bits per heavy atom. The Balaban J connectivity index is 1.31. The second kappa shape index (κ2) is 8.57. The van der Waals surface area contributed by atoms with Crippen LogP contribution in [0.3, 0.4) is 0 Å². The fourth-order valence-corrected chi connectivity index (χ4v) is 4.43. The molecule has 7 heteroatoms. The summed E-state index contributed by atoms with van der Waals surface area (Å²) in [5.74, 6) is 1.19. The number of nitrogens with zero attached hydrogens (tertiary/aromatic N) is 5. The van der Waals surface area contributed by atoms with E-state index in [1.54, 1.807) is 6.20 Å². The van der Waals surface area contributed by atoms with Crippen LogP contribution in [0, 0.1) is 19.8 Å². The van der Waals surface area contributed by atoms with Gasteiger partial charge in [-0.2, -0.15) is 0 Å². The molecule has 29 heavy (non-hydrogen) atoms. The number of carbonyl (C=O) groups excluding carboxylic acids is 1. The third kappa shape index (κ3) is 4.47. The maximum atomic E-state index is 13.1. The molecule has 0 radical (unpaired) electrons. The highest BCUT2D eigenvalue weighted by atomic mass is 35.5. The molecule has 154 valence electrons. The molecule has 0 N–H and O–H groups in total. The molecule has 2 saturated heterocycles. The zero-order valence-corrected chi connectivity index (χ0v) is 17.9. The number of carbonyl (C=O) groups is 1. The molecule has 0 spiro atoms. The summed E-state index contributed by atoms with van der Waals surface area (Å²) in [4.78, 5) is 28.5. The number of benzene rings is 1. The first-order chi connectivity index (χ1) is 14.0. The van der Waals surface area contributed by atoms with Crippen molar-refractivity contribution in [3.8, 4) is 0 Å². The van der Waals surface area contributed by atoms with Gasteiger partial charge in [-0.05, 0) is 50.5 Å². The van der Waals surface area contributed by atoms with Crippen LogP contribution in [0.2, 0.25) is 5.02 Å². The lowest BCUT2D eigenvalue weighted by molar-refractivity contribution is -0.136. The van der Waals surface area contributed by atoms with Crippen LogP contribution in [0.4, 0.5) is 11.6 Å².